The van der Waals surface area contributed by atoms with Crippen molar-refractivity contribution >= 4 is 23.1 Å². The van der Waals surface area contributed by atoms with E-state index in [0.29, 0.717) is 27.8 Å². The molecule has 0 aliphatic carbocycles. The molecule has 0 amide bonds. The van der Waals surface area contributed by atoms with Gasteiger partial charge in [-0.15, -0.1) is 0 Å². The molecule has 2 aromatic carbocycles. The molecule has 0 fully saturated rings. The van der Waals surface area contributed by atoms with Crippen molar-refractivity contribution in [2.75, 3.05) is 5.73 Å². The highest BCUT2D eigenvalue weighted by Crippen LogP contribution is 2.31. The molecule has 0 radical (unpaired) electrons. The summed E-state index contributed by atoms with van der Waals surface area (Å²) in [6.07, 6.45) is 0. The van der Waals surface area contributed by atoms with Crippen molar-refractivity contribution in [3.63, 3.8) is 0 Å². The Morgan fingerprint density at radius 1 is 1.21 bits per heavy atom. The molecule has 0 aromatic heterocycles. The van der Waals surface area contributed by atoms with Crippen LogP contribution in [0.25, 0.3) is 0 Å². The number of nitrogen functional groups attached to an aromatic ring is 1. The Bertz CT molecular complexity index is 638. The first kappa shape index (κ1) is 13.4. The maximum Gasteiger partial charge on any atom is 0.162 e. The predicted molar refractivity (Wildman–Crippen MR) is 77.1 cm³/mol. The van der Waals surface area contributed by atoms with Crippen molar-refractivity contribution in [2.45, 2.75) is 13.8 Å². The van der Waals surface area contributed by atoms with Crippen LogP contribution in [-0.4, -0.2) is 5.78 Å². The van der Waals surface area contributed by atoms with Crippen LogP contribution < -0.4 is 10.5 Å². The minimum atomic E-state index is -0.0991. The van der Waals surface area contributed by atoms with Gasteiger partial charge in [0.05, 0.1) is 5.02 Å². The molecule has 2 rings (SSSR count). The van der Waals surface area contributed by atoms with Crippen molar-refractivity contribution in [3.8, 4) is 11.5 Å². The average molecular weight is 276 g/mol. The Labute approximate surface area is 117 Å². The predicted octanol–water partition coefficient (Wildman–Crippen LogP) is 4.23. The van der Waals surface area contributed by atoms with Crippen molar-refractivity contribution in [1.29, 1.82) is 0 Å². The highest BCUT2D eigenvalue weighted by atomic mass is 35.5. The Kier molecular flexibility index (Phi) is 3.76. The Balaban J connectivity index is 2.33. The first-order chi connectivity index (χ1) is 8.97. The van der Waals surface area contributed by atoms with E-state index in [9.17, 15) is 4.79 Å². The van der Waals surface area contributed by atoms with Crippen LogP contribution in [0.1, 0.15) is 22.8 Å². The van der Waals surface area contributed by atoms with Crippen LogP contribution >= 0.6 is 11.6 Å². The van der Waals surface area contributed by atoms with Crippen LogP contribution in [0, 0.1) is 6.92 Å². The van der Waals surface area contributed by atoms with Gasteiger partial charge in [-0.1, -0.05) is 17.7 Å². The van der Waals surface area contributed by atoms with Gasteiger partial charge in [-0.25, -0.2) is 0 Å². The van der Waals surface area contributed by atoms with Gasteiger partial charge in [-0.3, -0.25) is 4.79 Å². The molecule has 2 N–H and O–H groups in total. The largest absolute Gasteiger partial charge is 0.456 e. The van der Waals surface area contributed by atoms with Crippen molar-refractivity contribution in [1.82, 2.24) is 0 Å². The van der Waals surface area contributed by atoms with Gasteiger partial charge in [0, 0.05) is 11.3 Å². The topological polar surface area (TPSA) is 52.3 Å². The van der Waals surface area contributed by atoms with Gasteiger partial charge < -0.3 is 10.5 Å². The summed E-state index contributed by atoms with van der Waals surface area (Å²) in [5, 5.41) is 0.529. The zero-order chi connectivity index (χ0) is 14.0. The zero-order valence-corrected chi connectivity index (χ0v) is 11.5. The standard InChI is InChI=1S/C15H14ClNO2/c1-9-3-6-15(13(16)7-9)19-11-4-5-14(17)12(8-11)10(2)18/h3-8H,17H2,1-2H3. The van der Waals surface area contributed by atoms with Gasteiger partial charge in [0.2, 0.25) is 0 Å². The second-order valence-corrected chi connectivity index (χ2v) is 4.75. The summed E-state index contributed by atoms with van der Waals surface area (Å²) in [6.45, 7) is 3.42. The van der Waals surface area contributed by atoms with Crippen LogP contribution in [-0.2, 0) is 0 Å². The van der Waals surface area contributed by atoms with Crippen LogP contribution in [0.2, 0.25) is 5.02 Å². The van der Waals surface area contributed by atoms with Gasteiger partial charge in [0.25, 0.3) is 0 Å². The molecule has 0 spiro atoms. The van der Waals surface area contributed by atoms with Crippen LogP contribution in [0.15, 0.2) is 36.4 Å². The molecule has 0 saturated carbocycles. The number of nitrogens with two attached hydrogens (primary N) is 1. The number of rotatable bonds is 3. The molecular weight excluding hydrogens is 262 g/mol. The number of hydrogen-bond acceptors (Lipinski definition) is 3. The summed E-state index contributed by atoms with van der Waals surface area (Å²) >= 11 is 6.10. The van der Waals surface area contributed by atoms with Gasteiger partial charge in [0.15, 0.2) is 5.78 Å². The molecule has 0 atom stereocenters. The molecule has 0 unspecified atom stereocenters. The van der Waals surface area contributed by atoms with Crippen molar-refractivity contribution in [3.05, 3.63) is 52.5 Å². The maximum atomic E-state index is 11.4. The molecule has 98 valence electrons. The molecule has 2 aromatic rings. The van der Waals surface area contributed by atoms with Gasteiger partial charge in [-0.05, 0) is 49.7 Å². The Hall–Kier alpha value is -2.00. The van der Waals surface area contributed by atoms with E-state index in [-0.39, 0.29) is 5.78 Å². The minimum absolute atomic E-state index is 0.0991. The first-order valence-electron chi connectivity index (χ1n) is 5.82. The Morgan fingerprint density at radius 2 is 1.95 bits per heavy atom. The van der Waals surface area contributed by atoms with Crippen molar-refractivity contribution in [2.24, 2.45) is 0 Å². The molecule has 0 saturated heterocycles. The summed E-state index contributed by atoms with van der Waals surface area (Å²) < 4.78 is 5.67. The third-order valence-electron chi connectivity index (χ3n) is 2.72. The number of ether oxygens (including phenoxy) is 1. The van der Waals surface area contributed by atoms with Gasteiger partial charge >= 0.3 is 0 Å². The van der Waals surface area contributed by atoms with Crippen LogP contribution in [0.5, 0.6) is 11.5 Å². The highest BCUT2D eigenvalue weighted by molar-refractivity contribution is 6.32. The number of carbonyl (C=O) groups excluding carboxylic acids is 1. The Morgan fingerprint density at radius 3 is 2.58 bits per heavy atom. The number of Topliss-reactive ketones (excluding diaryl/α,β-unsaturated/α-hetero) is 1. The normalized spacial score (nSPS) is 10.3. The quantitative estimate of drug-likeness (QED) is 0.674. The lowest BCUT2D eigenvalue weighted by Gasteiger charge is -2.10. The average Bonchev–Trinajstić information content (AvgIpc) is 2.34. The molecule has 0 heterocycles. The molecule has 0 aliphatic rings. The lowest BCUT2D eigenvalue weighted by atomic mass is 10.1. The van der Waals surface area contributed by atoms with E-state index in [1.54, 1.807) is 24.3 Å². The molecule has 4 heteroatoms. The number of halogens is 1. The number of carbonyl (C=O) groups is 1. The second-order valence-electron chi connectivity index (χ2n) is 4.34. The summed E-state index contributed by atoms with van der Waals surface area (Å²) in [4.78, 5) is 11.4. The summed E-state index contributed by atoms with van der Waals surface area (Å²) in [6, 6.07) is 10.5. The number of aryl methyl sites for hydroxylation is 1. The fourth-order valence-electron chi connectivity index (χ4n) is 1.72. The molecule has 3 nitrogen and oxygen atoms in total. The van der Waals surface area contributed by atoms with Crippen molar-refractivity contribution < 1.29 is 9.53 Å². The second kappa shape index (κ2) is 5.33. The van der Waals surface area contributed by atoms with E-state index in [1.807, 2.05) is 19.1 Å². The van der Waals surface area contributed by atoms with E-state index in [2.05, 4.69) is 0 Å². The van der Waals surface area contributed by atoms with Crippen LogP contribution in [0.4, 0.5) is 5.69 Å². The molecule has 0 bridgehead atoms. The number of anilines is 1. The molecule has 19 heavy (non-hydrogen) atoms. The summed E-state index contributed by atoms with van der Waals surface area (Å²) in [7, 11) is 0. The van der Waals surface area contributed by atoms with Crippen LogP contribution in [0.3, 0.4) is 0 Å². The first-order valence-corrected chi connectivity index (χ1v) is 6.19. The fraction of sp³-hybridized carbons (Fsp3) is 0.133. The lowest BCUT2D eigenvalue weighted by molar-refractivity contribution is 0.101. The van der Waals surface area contributed by atoms with Gasteiger partial charge in [-0.2, -0.15) is 0 Å². The number of benzene rings is 2. The highest BCUT2D eigenvalue weighted by Gasteiger charge is 2.08. The van der Waals surface area contributed by atoms with E-state index in [4.69, 9.17) is 22.1 Å². The lowest BCUT2D eigenvalue weighted by Crippen LogP contribution is -1.99. The van der Waals surface area contributed by atoms with E-state index in [1.165, 1.54) is 6.92 Å². The van der Waals surface area contributed by atoms with E-state index < -0.39 is 0 Å². The molecule has 0 aliphatic heterocycles. The minimum Gasteiger partial charge on any atom is -0.456 e. The maximum absolute atomic E-state index is 11.4. The van der Waals surface area contributed by atoms with Gasteiger partial charge in [0.1, 0.15) is 11.5 Å². The zero-order valence-electron chi connectivity index (χ0n) is 10.7. The summed E-state index contributed by atoms with van der Waals surface area (Å²) in [5.74, 6) is 0.981. The summed E-state index contributed by atoms with van der Waals surface area (Å²) in [5.41, 5.74) is 7.67. The smallest absolute Gasteiger partial charge is 0.162 e. The SMILES string of the molecule is CC(=O)c1cc(Oc2ccc(C)cc2Cl)ccc1N. The third-order valence-corrected chi connectivity index (χ3v) is 3.01. The number of ketones is 1. The monoisotopic (exact) mass is 275 g/mol. The van der Waals surface area contributed by atoms with E-state index >= 15 is 0 Å². The number of hydrogen-bond donors (Lipinski definition) is 1. The van der Waals surface area contributed by atoms with E-state index in [0.717, 1.165) is 5.56 Å². The fourth-order valence-corrected chi connectivity index (χ4v) is 1.99. The third kappa shape index (κ3) is 3.06. The molecular formula is C15H14ClNO2.